The van der Waals surface area contributed by atoms with Gasteiger partial charge in [0, 0.05) is 19.1 Å². The van der Waals surface area contributed by atoms with Gasteiger partial charge in [-0.25, -0.2) is 4.79 Å². The first-order valence-electron chi connectivity index (χ1n) is 4.80. The second kappa shape index (κ2) is 7.99. The van der Waals surface area contributed by atoms with E-state index in [1.807, 2.05) is 6.92 Å². The highest BCUT2D eigenvalue weighted by Crippen LogP contribution is 1.96. The zero-order chi connectivity index (χ0) is 11.7. The molecule has 5 nitrogen and oxygen atoms in total. The Morgan fingerprint density at radius 1 is 1.27 bits per heavy atom. The molecule has 0 aromatic carbocycles. The molecule has 0 aromatic heterocycles. The molecule has 0 unspecified atom stereocenters. The van der Waals surface area contributed by atoms with Crippen molar-refractivity contribution < 1.29 is 24.2 Å². The van der Waals surface area contributed by atoms with Crippen molar-refractivity contribution in [2.24, 2.45) is 0 Å². The number of carbonyl (C=O) groups excluding carboxylic acids is 2. The Morgan fingerprint density at radius 3 is 2.47 bits per heavy atom. The lowest BCUT2D eigenvalue weighted by molar-refractivity contribution is -0.141. The van der Waals surface area contributed by atoms with Crippen LogP contribution < -0.4 is 0 Å². The summed E-state index contributed by atoms with van der Waals surface area (Å²) < 4.78 is 9.44. The SMILES string of the molecule is CCOCCC(=O)C=C(O)C(=O)OCC. The molecule has 0 saturated heterocycles. The van der Waals surface area contributed by atoms with Crippen molar-refractivity contribution in [3.63, 3.8) is 0 Å². The van der Waals surface area contributed by atoms with Crippen molar-refractivity contribution in [3.8, 4) is 0 Å². The minimum absolute atomic E-state index is 0.136. The van der Waals surface area contributed by atoms with Gasteiger partial charge in [0.15, 0.2) is 5.78 Å². The molecule has 0 aliphatic rings. The Morgan fingerprint density at radius 2 is 1.93 bits per heavy atom. The van der Waals surface area contributed by atoms with Gasteiger partial charge < -0.3 is 14.6 Å². The fraction of sp³-hybridized carbons (Fsp3) is 0.600. The number of aliphatic hydroxyl groups excluding tert-OH is 1. The lowest BCUT2D eigenvalue weighted by atomic mass is 10.2. The van der Waals surface area contributed by atoms with E-state index >= 15 is 0 Å². The minimum atomic E-state index is -0.887. The van der Waals surface area contributed by atoms with Crippen molar-refractivity contribution in [3.05, 3.63) is 11.8 Å². The molecule has 0 amide bonds. The molecule has 5 heteroatoms. The van der Waals surface area contributed by atoms with E-state index < -0.39 is 11.7 Å². The first-order valence-corrected chi connectivity index (χ1v) is 4.80. The average Bonchev–Trinajstić information content (AvgIpc) is 2.18. The maximum atomic E-state index is 11.1. The molecule has 0 aliphatic carbocycles. The third-order valence-corrected chi connectivity index (χ3v) is 1.48. The zero-order valence-corrected chi connectivity index (χ0v) is 8.99. The lowest BCUT2D eigenvalue weighted by Crippen LogP contribution is -2.10. The summed E-state index contributed by atoms with van der Waals surface area (Å²) in [6.45, 7) is 4.39. The highest BCUT2D eigenvalue weighted by atomic mass is 16.5. The van der Waals surface area contributed by atoms with Gasteiger partial charge >= 0.3 is 5.97 Å². The highest BCUT2D eigenvalue weighted by molar-refractivity contribution is 5.97. The van der Waals surface area contributed by atoms with Crippen LogP contribution in [0.15, 0.2) is 11.8 Å². The van der Waals surface area contributed by atoms with Gasteiger partial charge in [-0.3, -0.25) is 4.79 Å². The number of ether oxygens (including phenoxy) is 2. The van der Waals surface area contributed by atoms with E-state index in [1.54, 1.807) is 6.92 Å². The number of hydrogen-bond acceptors (Lipinski definition) is 5. The Kier molecular flexibility index (Phi) is 7.27. The third kappa shape index (κ3) is 6.68. The number of ketones is 1. The van der Waals surface area contributed by atoms with Gasteiger partial charge in [0.1, 0.15) is 0 Å². The topological polar surface area (TPSA) is 72.8 Å². The first-order chi connectivity index (χ1) is 7.11. The summed E-state index contributed by atoms with van der Waals surface area (Å²) in [7, 11) is 0. The summed E-state index contributed by atoms with van der Waals surface area (Å²) in [6.07, 6.45) is 0.994. The van der Waals surface area contributed by atoms with Crippen LogP contribution in [0.4, 0.5) is 0 Å². The van der Waals surface area contributed by atoms with Crippen LogP contribution in [-0.4, -0.2) is 36.7 Å². The quantitative estimate of drug-likeness (QED) is 0.297. The van der Waals surface area contributed by atoms with Crippen LogP contribution in [0.2, 0.25) is 0 Å². The number of aliphatic hydroxyl groups is 1. The number of carbonyl (C=O) groups is 2. The zero-order valence-electron chi connectivity index (χ0n) is 8.99. The average molecular weight is 216 g/mol. The summed E-state index contributed by atoms with van der Waals surface area (Å²) in [6, 6.07) is 0. The number of allylic oxidation sites excluding steroid dienone is 1. The molecule has 0 fully saturated rings. The van der Waals surface area contributed by atoms with E-state index in [9.17, 15) is 9.59 Å². The normalized spacial score (nSPS) is 11.2. The second-order valence-corrected chi connectivity index (χ2v) is 2.66. The molecule has 0 saturated carbocycles. The third-order valence-electron chi connectivity index (χ3n) is 1.48. The number of rotatable bonds is 7. The van der Waals surface area contributed by atoms with Crippen LogP contribution >= 0.6 is 0 Å². The predicted molar refractivity (Wildman–Crippen MR) is 53.5 cm³/mol. The molecule has 15 heavy (non-hydrogen) atoms. The molecular formula is C10H16O5. The maximum absolute atomic E-state index is 11.1. The molecule has 0 aliphatic heterocycles. The van der Waals surface area contributed by atoms with Crippen molar-refractivity contribution in [2.75, 3.05) is 19.8 Å². The Balaban J connectivity index is 3.99. The smallest absolute Gasteiger partial charge is 0.373 e. The van der Waals surface area contributed by atoms with Gasteiger partial charge in [0.25, 0.3) is 0 Å². The van der Waals surface area contributed by atoms with Crippen LogP contribution in [0.25, 0.3) is 0 Å². The Hall–Kier alpha value is -1.36. The van der Waals surface area contributed by atoms with Gasteiger partial charge in [-0.05, 0) is 13.8 Å². The molecule has 0 radical (unpaired) electrons. The van der Waals surface area contributed by atoms with E-state index in [1.165, 1.54) is 0 Å². The van der Waals surface area contributed by atoms with E-state index in [4.69, 9.17) is 9.84 Å². The van der Waals surface area contributed by atoms with Crippen molar-refractivity contribution in [2.45, 2.75) is 20.3 Å². The van der Waals surface area contributed by atoms with E-state index in [0.717, 1.165) is 6.08 Å². The van der Waals surface area contributed by atoms with Gasteiger partial charge in [0.2, 0.25) is 5.76 Å². The van der Waals surface area contributed by atoms with Crippen LogP contribution in [0.1, 0.15) is 20.3 Å². The molecular weight excluding hydrogens is 200 g/mol. The Labute approximate surface area is 88.7 Å². The fourth-order valence-corrected chi connectivity index (χ4v) is 0.806. The lowest BCUT2D eigenvalue weighted by Gasteiger charge is -2.00. The van der Waals surface area contributed by atoms with Crippen LogP contribution in [0.3, 0.4) is 0 Å². The number of esters is 1. The summed E-state index contributed by atoms with van der Waals surface area (Å²) in [5.74, 6) is -1.92. The molecule has 86 valence electrons. The summed E-state index contributed by atoms with van der Waals surface area (Å²) in [5, 5.41) is 9.10. The van der Waals surface area contributed by atoms with E-state index in [-0.39, 0.29) is 25.4 Å². The van der Waals surface area contributed by atoms with Crippen molar-refractivity contribution in [1.82, 2.24) is 0 Å². The second-order valence-electron chi connectivity index (χ2n) is 2.66. The van der Waals surface area contributed by atoms with Gasteiger partial charge in [0.05, 0.1) is 13.2 Å². The molecule has 0 bridgehead atoms. The predicted octanol–water partition coefficient (Wildman–Crippen LogP) is 0.987. The van der Waals surface area contributed by atoms with Gasteiger partial charge in [-0.1, -0.05) is 0 Å². The number of hydrogen-bond donors (Lipinski definition) is 1. The maximum Gasteiger partial charge on any atom is 0.373 e. The molecule has 0 rings (SSSR count). The molecule has 0 heterocycles. The summed E-state index contributed by atoms with van der Waals surface area (Å²) in [5.41, 5.74) is 0. The van der Waals surface area contributed by atoms with Gasteiger partial charge in [-0.2, -0.15) is 0 Å². The van der Waals surface area contributed by atoms with Crippen LogP contribution in [-0.2, 0) is 19.1 Å². The van der Waals surface area contributed by atoms with Crippen LogP contribution in [0, 0.1) is 0 Å². The highest BCUT2D eigenvalue weighted by Gasteiger charge is 2.10. The van der Waals surface area contributed by atoms with E-state index in [2.05, 4.69) is 4.74 Å². The largest absolute Gasteiger partial charge is 0.502 e. The molecule has 0 aromatic rings. The van der Waals surface area contributed by atoms with Crippen LogP contribution in [0.5, 0.6) is 0 Å². The van der Waals surface area contributed by atoms with Gasteiger partial charge in [-0.15, -0.1) is 0 Å². The van der Waals surface area contributed by atoms with Crippen molar-refractivity contribution >= 4 is 11.8 Å². The summed E-state index contributed by atoms with van der Waals surface area (Å²) in [4.78, 5) is 22.0. The Bertz CT molecular complexity index is 244. The summed E-state index contributed by atoms with van der Waals surface area (Å²) >= 11 is 0. The molecule has 0 atom stereocenters. The fourth-order valence-electron chi connectivity index (χ4n) is 0.806. The minimum Gasteiger partial charge on any atom is -0.502 e. The first kappa shape index (κ1) is 13.6. The van der Waals surface area contributed by atoms with E-state index in [0.29, 0.717) is 6.61 Å². The monoisotopic (exact) mass is 216 g/mol. The standard InChI is InChI=1S/C10H16O5/c1-3-14-6-5-8(11)7-9(12)10(13)15-4-2/h7,12H,3-6H2,1-2H3. The molecule has 1 N–H and O–H groups in total. The molecule has 0 spiro atoms. The van der Waals surface area contributed by atoms with Crippen molar-refractivity contribution in [1.29, 1.82) is 0 Å².